The number of rotatable bonds is 6. The van der Waals surface area contributed by atoms with Gasteiger partial charge in [-0.2, -0.15) is 13.2 Å². The predicted molar refractivity (Wildman–Crippen MR) is 104 cm³/mol. The van der Waals surface area contributed by atoms with E-state index in [-0.39, 0.29) is 23.5 Å². The molecule has 1 amide bonds. The number of amides is 1. The van der Waals surface area contributed by atoms with Crippen LogP contribution in [0.5, 0.6) is 0 Å². The van der Waals surface area contributed by atoms with Gasteiger partial charge < -0.3 is 16.4 Å². The third kappa shape index (κ3) is 4.33. The Morgan fingerprint density at radius 3 is 2.57 bits per heavy atom. The molecular formula is C20H19F4N5O. The summed E-state index contributed by atoms with van der Waals surface area (Å²) in [5.74, 6) is -1.13. The van der Waals surface area contributed by atoms with Gasteiger partial charge >= 0.3 is 6.18 Å². The fourth-order valence-corrected chi connectivity index (χ4v) is 3.26. The summed E-state index contributed by atoms with van der Waals surface area (Å²) in [7, 11) is 1.58. The number of carbonyl (C=O) groups excluding carboxylic acids is 1. The van der Waals surface area contributed by atoms with E-state index in [1.54, 1.807) is 26.1 Å². The van der Waals surface area contributed by atoms with Gasteiger partial charge in [0.1, 0.15) is 17.5 Å². The van der Waals surface area contributed by atoms with Gasteiger partial charge in [0.05, 0.1) is 22.7 Å². The smallest absolute Gasteiger partial charge is 0.366 e. The van der Waals surface area contributed by atoms with E-state index < -0.39 is 29.5 Å². The summed E-state index contributed by atoms with van der Waals surface area (Å²) in [5.41, 5.74) is 4.65. The standard InChI is InChI=1S/C20H19F4N5O/c1-10-27-17-13(18(25)30)4-3-5-14(17)19(28-10)29-16(9-26-2)12-7-6-11(21)8-15(12)20(22,23)24/h3-8,16,26H,9H2,1-2H3,(H2,25,30)(H,27,28,29). The van der Waals surface area contributed by atoms with Crippen molar-refractivity contribution < 1.29 is 22.4 Å². The van der Waals surface area contributed by atoms with Crippen molar-refractivity contribution in [1.29, 1.82) is 0 Å². The van der Waals surface area contributed by atoms with Gasteiger partial charge in [-0.25, -0.2) is 14.4 Å². The lowest BCUT2D eigenvalue weighted by Gasteiger charge is -2.24. The summed E-state index contributed by atoms with van der Waals surface area (Å²) < 4.78 is 54.1. The number of hydrogen-bond donors (Lipinski definition) is 3. The molecule has 0 saturated carbocycles. The number of fused-ring (bicyclic) bond motifs is 1. The molecular weight excluding hydrogens is 402 g/mol. The molecule has 4 N–H and O–H groups in total. The Morgan fingerprint density at radius 1 is 1.20 bits per heavy atom. The first-order valence-electron chi connectivity index (χ1n) is 8.96. The van der Waals surface area contributed by atoms with E-state index in [1.165, 1.54) is 6.07 Å². The number of nitrogens with two attached hydrogens (primary N) is 1. The van der Waals surface area contributed by atoms with Gasteiger partial charge in [-0.3, -0.25) is 4.79 Å². The first-order chi connectivity index (χ1) is 14.1. The highest BCUT2D eigenvalue weighted by molar-refractivity contribution is 6.07. The quantitative estimate of drug-likeness (QED) is 0.529. The monoisotopic (exact) mass is 421 g/mol. The fraction of sp³-hybridized carbons (Fsp3) is 0.250. The molecule has 1 atom stereocenters. The molecule has 0 spiro atoms. The van der Waals surface area contributed by atoms with Crippen LogP contribution in [-0.4, -0.2) is 29.5 Å². The van der Waals surface area contributed by atoms with Gasteiger partial charge in [0.25, 0.3) is 5.91 Å². The van der Waals surface area contributed by atoms with Gasteiger partial charge in [-0.05, 0) is 43.8 Å². The molecule has 0 fully saturated rings. The maximum absolute atomic E-state index is 13.5. The summed E-state index contributed by atoms with van der Waals surface area (Å²) in [5, 5.41) is 6.25. The van der Waals surface area contributed by atoms with E-state index in [0.29, 0.717) is 22.8 Å². The summed E-state index contributed by atoms with van der Waals surface area (Å²) >= 11 is 0. The minimum Gasteiger partial charge on any atom is -0.366 e. The molecule has 0 saturated heterocycles. The van der Waals surface area contributed by atoms with Crippen LogP contribution < -0.4 is 16.4 Å². The van der Waals surface area contributed by atoms with Crippen molar-refractivity contribution in [2.24, 2.45) is 5.73 Å². The molecule has 2 aromatic carbocycles. The normalized spacial score (nSPS) is 12.7. The average Bonchev–Trinajstić information content (AvgIpc) is 2.66. The maximum Gasteiger partial charge on any atom is 0.416 e. The Balaban J connectivity index is 2.15. The van der Waals surface area contributed by atoms with Crippen molar-refractivity contribution in [3.8, 4) is 0 Å². The number of nitrogens with one attached hydrogen (secondary N) is 2. The van der Waals surface area contributed by atoms with E-state index in [0.717, 1.165) is 12.1 Å². The summed E-state index contributed by atoms with van der Waals surface area (Å²) in [4.78, 5) is 20.3. The number of nitrogens with zero attached hydrogens (tertiary/aromatic N) is 2. The van der Waals surface area contributed by atoms with Crippen molar-refractivity contribution >= 4 is 22.6 Å². The lowest BCUT2D eigenvalue weighted by molar-refractivity contribution is -0.138. The molecule has 30 heavy (non-hydrogen) atoms. The highest BCUT2D eigenvalue weighted by atomic mass is 19.4. The number of aryl methyl sites for hydroxylation is 1. The molecule has 1 heterocycles. The Hall–Kier alpha value is -3.27. The first kappa shape index (κ1) is 21.4. The van der Waals surface area contributed by atoms with Crippen LogP contribution in [0.4, 0.5) is 23.4 Å². The van der Waals surface area contributed by atoms with E-state index >= 15 is 0 Å². The second-order valence-electron chi connectivity index (χ2n) is 6.67. The second kappa shape index (κ2) is 8.23. The lowest BCUT2D eigenvalue weighted by atomic mass is 9.99. The minimum absolute atomic E-state index is 0.0920. The number of carbonyl (C=O) groups is 1. The van der Waals surface area contributed by atoms with Crippen LogP contribution in [-0.2, 0) is 6.18 Å². The van der Waals surface area contributed by atoms with Gasteiger partial charge in [0.15, 0.2) is 0 Å². The van der Waals surface area contributed by atoms with Crippen molar-refractivity contribution in [2.75, 3.05) is 18.9 Å². The molecule has 3 rings (SSSR count). The topological polar surface area (TPSA) is 92.9 Å². The van der Waals surface area contributed by atoms with Crippen LogP contribution in [0.25, 0.3) is 10.9 Å². The highest BCUT2D eigenvalue weighted by Crippen LogP contribution is 2.36. The van der Waals surface area contributed by atoms with Crippen LogP contribution >= 0.6 is 0 Å². The first-order valence-corrected chi connectivity index (χ1v) is 8.96. The summed E-state index contributed by atoms with van der Waals surface area (Å²) in [6.45, 7) is 1.68. The number of aromatic nitrogens is 2. The van der Waals surface area contributed by atoms with Crippen LogP contribution in [0.2, 0.25) is 0 Å². The zero-order chi connectivity index (χ0) is 22.1. The Morgan fingerprint density at radius 2 is 1.93 bits per heavy atom. The van der Waals surface area contributed by atoms with Crippen LogP contribution in [0.3, 0.4) is 0 Å². The van der Waals surface area contributed by atoms with Crippen LogP contribution in [0.15, 0.2) is 36.4 Å². The highest BCUT2D eigenvalue weighted by Gasteiger charge is 2.36. The van der Waals surface area contributed by atoms with E-state index in [9.17, 15) is 22.4 Å². The van der Waals surface area contributed by atoms with E-state index in [4.69, 9.17) is 5.73 Å². The van der Waals surface area contributed by atoms with Gasteiger partial charge in [0, 0.05) is 11.9 Å². The number of likely N-dealkylation sites (N-methyl/N-ethyl adjacent to an activating group) is 1. The Labute approximate surface area is 169 Å². The van der Waals surface area contributed by atoms with Crippen molar-refractivity contribution in [3.05, 3.63) is 64.7 Å². The van der Waals surface area contributed by atoms with Gasteiger partial charge in [0.2, 0.25) is 0 Å². The van der Waals surface area contributed by atoms with Crippen molar-refractivity contribution in [1.82, 2.24) is 15.3 Å². The maximum atomic E-state index is 13.5. The number of hydrogen-bond acceptors (Lipinski definition) is 5. The number of anilines is 1. The minimum atomic E-state index is -4.74. The molecule has 6 nitrogen and oxygen atoms in total. The largest absolute Gasteiger partial charge is 0.416 e. The van der Waals surface area contributed by atoms with E-state index in [1.807, 2.05) is 0 Å². The third-order valence-corrected chi connectivity index (χ3v) is 4.52. The molecule has 0 aliphatic carbocycles. The number of halogens is 4. The summed E-state index contributed by atoms with van der Waals surface area (Å²) in [6, 6.07) is 6.36. The van der Waals surface area contributed by atoms with Gasteiger partial charge in [-0.15, -0.1) is 0 Å². The van der Waals surface area contributed by atoms with E-state index in [2.05, 4.69) is 20.6 Å². The van der Waals surface area contributed by atoms with Gasteiger partial charge in [-0.1, -0.05) is 12.1 Å². The average molecular weight is 421 g/mol. The Kier molecular flexibility index (Phi) is 5.88. The predicted octanol–water partition coefficient (Wildman–Crippen LogP) is 3.57. The molecule has 10 heteroatoms. The number of primary amides is 1. The Bertz CT molecular complexity index is 1100. The molecule has 0 aliphatic heterocycles. The fourth-order valence-electron chi connectivity index (χ4n) is 3.26. The molecule has 1 aromatic heterocycles. The third-order valence-electron chi connectivity index (χ3n) is 4.52. The van der Waals surface area contributed by atoms with Crippen molar-refractivity contribution in [3.63, 3.8) is 0 Å². The second-order valence-corrected chi connectivity index (χ2v) is 6.67. The lowest BCUT2D eigenvalue weighted by Crippen LogP contribution is -2.27. The van der Waals surface area contributed by atoms with Crippen LogP contribution in [0.1, 0.15) is 33.4 Å². The number of para-hydroxylation sites is 1. The molecule has 0 radical (unpaired) electrons. The zero-order valence-electron chi connectivity index (χ0n) is 16.1. The molecule has 0 bridgehead atoms. The number of benzene rings is 2. The number of alkyl halides is 3. The molecule has 3 aromatic rings. The molecule has 158 valence electrons. The van der Waals surface area contributed by atoms with Crippen LogP contribution in [0, 0.1) is 12.7 Å². The SMILES string of the molecule is CNCC(Nc1nc(C)nc2c(C(N)=O)cccc12)c1ccc(F)cc1C(F)(F)F. The molecule has 0 aliphatic rings. The van der Waals surface area contributed by atoms with Crippen molar-refractivity contribution in [2.45, 2.75) is 19.1 Å². The molecule has 1 unspecified atom stereocenters. The zero-order valence-corrected chi connectivity index (χ0v) is 16.1. The summed E-state index contributed by atoms with van der Waals surface area (Å²) in [6.07, 6.45) is -4.74.